The number of thioether (sulfide) groups is 1. The minimum Gasteiger partial charge on any atom is -0.408 e. The van der Waals surface area contributed by atoms with Crippen LogP contribution in [0.25, 0.3) is 0 Å². The van der Waals surface area contributed by atoms with Crippen LogP contribution in [0, 0.1) is 11.8 Å². The highest BCUT2D eigenvalue weighted by molar-refractivity contribution is 7.98. The van der Waals surface area contributed by atoms with E-state index < -0.39 is 6.04 Å². The average Bonchev–Trinajstić information content (AvgIpc) is 3.04. The third-order valence-corrected chi connectivity index (χ3v) is 6.18. The van der Waals surface area contributed by atoms with Gasteiger partial charge >= 0.3 is 0 Å². The first-order valence-corrected chi connectivity index (χ1v) is 11.7. The molecule has 9 heteroatoms. The molecule has 2 heterocycles. The number of nitrogens with one attached hydrogen (secondary N) is 1. The Kier molecular flexibility index (Phi) is 10.5. The lowest BCUT2D eigenvalue weighted by molar-refractivity contribution is -0.126. The second-order valence-corrected chi connectivity index (χ2v) is 9.19. The summed E-state index contributed by atoms with van der Waals surface area (Å²) in [6.45, 7) is 4.06. The number of rotatable bonds is 9. The summed E-state index contributed by atoms with van der Waals surface area (Å²) in [6, 6.07) is 3.19. The van der Waals surface area contributed by atoms with Gasteiger partial charge in [-0.15, -0.1) is 22.6 Å². The van der Waals surface area contributed by atoms with Gasteiger partial charge in [0.25, 0.3) is 11.1 Å². The lowest BCUT2D eigenvalue weighted by Crippen LogP contribution is -2.44. The van der Waals surface area contributed by atoms with Crippen LogP contribution in [-0.2, 0) is 10.5 Å². The van der Waals surface area contributed by atoms with Gasteiger partial charge in [-0.3, -0.25) is 14.6 Å². The smallest absolute Gasteiger partial charge is 0.286 e. The second kappa shape index (κ2) is 12.8. The molecule has 2 aromatic heterocycles. The molecule has 0 aromatic carbocycles. The number of hydrogen-bond acceptors (Lipinski definition) is 7. The van der Waals surface area contributed by atoms with Crippen LogP contribution in [0.15, 0.2) is 34.2 Å². The molecular weight excluding hydrogens is 436 g/mol. The summed E-state index contributed by atoms with van der Waals surface area (Å²) in [5, 5.41) is 11.3. The van der Waals surface area contributed by atoms with Gasteiger partial charge in [0.2, 0.25) is 11.7 Å². The third kappa shape index (κ3) is 7.92. The number of aromatic nitrogens is 3. The Morgan fingerprint density at radius 1 is 1.13 bits per heavy atom. The summed E-state index contributed by atoms with van der Waals surface area (Å²) in [5.41, 5.74) is 1.08. The molecule has 1 amide bonds. The number of ketones is 1. The first-order chi connectivity index (χ1) is 14.5. The minimum absolute atomic E-state index is 0. The Labute approximate surface area is 194 Å². The zero-order valence-corrected chi connectivity index (χ0v) is 19.7. The van der Waals surface area contributed by atoms with E-state index in [1.54, 1.807) is 12.4 Å². The van der Waals surface area contributed by atoms with Gasteiger partial charge in [-0.1, -0.05) is 51.3 Å². The summed E-state index contributed by atoms with van der Waals surface area (Å²) >= 11 is 1.37. The van der Waals surface area contributed by atoms with Crippen molar-refractivity contribution in [3.63, 3.8) is 0 Å². The van der Waals surface area contributed by atoms with Gasteiger partial charge in [0, 0.05) is 24.1 Å². The molecule has 0 unspecified atom stereocenters. The van der Waals surface area contributed by atoms with Gasteiger partial charge in [0.15, 0.2) is 0 Å². The van der Waals surface area contributed by atoms with Crippen LogP contribution in [0.1, 0.15) is 75.0 Å². The van der Waals surface area contributed by atoms with Crippen LogP contribution in [0.3, 0.4) is 0 Å². The Morgan fingerprint density at radius 2 is 1.81 bits per heavy atom. The van der Waals surface area contributed by atoms with E-state index in [9.17, 15) is 9.59 Å². The number of Topliss-reactive ketones (excluding diaryl/α,β-unsaturated/α-hetero) is 1. The molecule has 2 aromatic rings. The van der Waals surface area contributed by atoms with E-state index in [4.69, 9.17) is 4.42 Å². The van der Waals surface area contributed by atoms with E-state index >= 15 is 0 Å². The van der Waals surface area contributed by atoms with Crippen LogP contribution >= 0.6 is 24.2 Å². The lowest BCUT2D eigenvalue weighted by Gasteiger charge is -2.21. The number of carbonyl (C=O) groups is 2. The first-order valence-electron chi connectivity index (χ1n) is 10.7. The molecule has 1 saturated carbocycles. The minimum atomic E-state index is -0.640. The van der Waals surface area contributed by atoms with E-state index in [2.05, 4.69) is 20.5 Å². The monoisotopic (exact) mass is 466 g/mol. The van der Waals surface area contributed by atoms with Crippen LogP contribution in [0.5, 0.6) is 0 Å². The maximum Gasteiger partial charge on any atom is 0.286 e. The molecule has 7 nitrogen and oxygen atoms in total. The van der Waals surface area contributed by atoms with Crippen molar-refractivity contribution in [1.29, 1.82) is 0 Å². The summed E-state index contributed by atoms with van der Waals surface area (Å²) in [6.07, 6.45) is 10.3. The largest absolute Gasteiger partial charge is 0.408 e. The number of hydrogen-bond donors (Lipinski definition) is 1. The highest BCUT2D eigenvalue weighted by Gasteiger charge is 2.30. The highest BCUT2D eigenvalue weighted by Crippen LogP contribution is 2.24. The van der Waals surface area contributed by atoms with Gasteiger partial charge in [-0.25, -0.2) is 0 Å². The van der Waals surface area contributed by atoms with E-state index in [1.165, 1.54) is 24.6 Å². The molecule has 170 valence electrons. The normalized spacial score (nSPS) is 15.7. The molecule has 1 aliphatic carbocycles. The SMILES string of the molecule is CC(C)C[C@H](NC(=O)C1CCCCCC1)C(=O)c1nnc(SCc2ccncc2)o1.Cl. The Morgan fingerprint density at radius 3 is 2.45 bits per heavy atom. The van der Waals surface area contributed by atoms with Crippen molar-refractivity contribution in [3.05, 3.63) is 36.0 Å². The first kappa shape index (κ1) is 25.3. The molecule has 1 N–H and O–H groups in total. The predicted octanol–water partition coefficient (Wildman–Crippen LogP) is 4.86. The molecule has 31 heavy (non-hydrogen) atoms. The summed E-state index contributed by atoms with van der Waals surface area (Å²) in [7, 11) is 0. The average molecular weight is 467 g/mol. The van der Waals surface area contributed by atoms with Gasteiger partial charge in [0.1, 0.15) is 0 Å². The van der Waals surface area contributed by atoms with Gasteiger partial charge in [-0.2, -0.15) is 0 Å². The van der Waals surface area contributed by atoms with Crippen LogP contribution < -0.4 is 5.32 Å². The van der Waals surface area contributed by atoms with Gasteiger partial charge in [0.05, 0.1) is 6.04 Å². The van der Waals surface area contributed by atoms with E-state index in [-0.39, 0.29) is 41.8 Å². The van der Waals surface area contributed by atoms with Crippen LogP contribution in [-0.4, -0.2) is 32.9 Å². The molecule has 0 bridgehead atoms. The molecule has 0 spiro atoms. The van der Waals surface area contributed by atoms with Crippen molar-refractivity contribution in [3.8, 4) is 0 Å². The topological polar surface area (TPSA) is 98.0 Å². The standard InChI is InChI=1S/C22H30N4O3S.ClH/c1-15(2)13-18(24-20(28)17-7-5-3-4-6-8-17)19(27)21-25-26-22(29-21)30-14-16-9-11-23-12-10-16;/h9-12,15,17-18H,3-8,13-14H2,1-2H3,(H,24,28);1H/t18-;/m0./s1. The fourth-order valence-electron chi connectivity index (χ4n) is 3.67. The highest BCUT2D eigenvalue weighted by atomic mass is 35.5. The fraction of sp³-hybridized carbons (Fsp3) is 0.591. The van der Waals surface area contributed by atoms with Crippen molar-refractivity contribution in [2.45, 2.75) is 75.8 Å². The molecule has 0 radical (unpaired) electrons. The number of carbonyl (C=O) groups excluding carboxylic acids is 2. The van der Waals surface area contributed by atoms with E-state index in [1.807, 2.05) is 26.0 Å². The van der Waals surface area contributed by atoms with Crippen molar-refractivity contribution in [2.75, 3.05) is 0 Å². The maximum atomic E-state index is 13.0. The number of pyridine rings is 1. The van der Waals surface area contributed by atoms with Gasteiger partial charge < -0.3 is 9.73 Å². The van der Waals surface area contributed by atoms with Crippen LogP contribution in [0.2, 0.25) is 0 Å². The molecule has 0 aliphatic heterocycles. The van der Waals surface area contributed by atoms with Crippen molar-refractivity contribution < 1.29 is 14.0 Å². The molecule has 1 atom stereocenters. The number of halogens is 1. The summed E-state index contributed by atoms with van der Waals surface area (Å²) < 4.78 is 5.60. The van der Waals surface area contributed by atoms with Crippen molar-refractivity contribution in [2.24, 2.45) is 11.8 Å². The molecule has 3 rings (SSSR count). The zero-order chi connectivity index (χ0) is 21.3. The molecule has 1 aliphatic rings. The molecule has 1 fully saturated rings. The Balaban J connectivity index is 0.00000341. The molecular formula is C22H31ClN4O3S. The quantitative estimate of drug-likeness (QED) is 0.320. The van der Waals surface area contributed by atoms with E-state index in [0.717, 1.165) is 31.2 Å². The second-order valence-electron chi connectivity index (χ2n) is 8.26. The van der Waals surface area contributed by atoms with Gasteiger partial charge in [-0.05, 0) is 42.9 Å². The summed E-state index contributed by atoms with van der Waals surface area (Å²) in [5.74, 6) is 0.503. The van der Waals surface area contributed by atoms with Crippen molar-refractivity contribution >= 4 is 35.9 Å². The Bertz CT molecular complexity index is 823. The summed E-state index contributed by atoms with van der Waals surface area (Å²) in [4.78, 5) is 29.8. The lowest BCUT2D eigenvalue weighted by atomic mass is 9.96. The predicted molar refractivity (Wildman–Crippen MR) is 122 cm³/mol. The third-order valence-electron chi connectivity index (χ3n) is 5.29. The van der Waals surface area contributed by atoms with Crippen LogP contribution in [0.4, 0.5) is 0 Å². The Hall–Kier alpha value is -1.93. The molecule has 0 saturated heterocycles. The van der Waals surface area contributed by atoms with E-state index in [0.29, 0.717) is 17.4 Å². The number of amides is 1. The number of nitrogens with zero attached hydrogens (tertiary/aromatic N) is 3. The maximum absolute atomic E-state index is 13.0. The van der Waals surface area contributed by atoms with Crippen molar-refractivity contribution in [1.82, 2.24) is 20.5 Å². The fourth-order valence-corrected chi connectivity index (χ4v) is 4.39. The zero-order valence-electron chi connectivity index (χ0n) is 18.1.